The van der Waals surface area contributed by atoms with Crippen LogP contribution in [0.15, 0.2) is 179 Å². The van der Waals surface area contributed by atoms with Gasteiger partial charge in [-0.25, -0.2) is 4.85 Å². The minimum absolute atomic E-state index is 0.477. The molecular formula is C49H28N2O2. The van der Waals surface area contributed by atoms with E-state index in [0.29, 0.717) is 11.3 Å². The summed E-state index contributed by atoms with van der Waals surface area (Å²) in [7, 11) is 0. The van der Waals surface area contributed by atoms with Crippen LogP contribution < -0.4 is 0 Å². The molecule has 0 saturated heterocycles. The van der Waals surface area contributed by atoms with Gasteiger partial charge in [0.2, 0.25) is 5.69 Å². The lowest BCUT2D eigenvalue weighted by Crippen LogP contribution is -1.94. The van der Waals surface area contributed by atoms with Crippen LogP contribution in [0.1, 0.15) is 0 Å². The minimum Gasteiger partial charge on any atom is -0.465 e. The van der Waals surface area contributed by atoms with Gasteiger partial charge in [0.05, 0.1) is 23.3 Å². The van der Waals surface area contributed by atoms with Gasteiger partial charge in [0.15, 0.2) is 5.58 Å². The van der Waals surface area contributed by atoms with Crippen molar-refractivity contribution in [3.05, 3.63) is 181 Å². The molecule has 0 saturated carbocycles. The highest BCUT2D eigenvalue weighted by atomic mass is 16.3. The third-order valence-corrected chi connectivity index (χ3v) is 10.6. The Kier molecular flexibility index (Phi) is 6.28. The number of hydrogen-bond acceptors (Lipinski definition) is 2. The van der Waals surface area contributed by atoms with Crippen molar-refractivity contribution in [2.45, 2.75) is 0 Å². The second kappa shape index (κ2) is 11.3. The van der Waals surface area contributed by atoms with Crippen LogP contribution in [0.5, 0.6) is 0 Å². The quantitative estimate of drug-likeness (QED) is 0.174. The Balaban J connectivity index is 1.15. The Bertz CT molecular complexity index is 3280. The summed E-state index contributed by atoms with van der Waals surface area (Å²) in [4.78, 5) is 3.98. The summed E-state index contributed by atoms with van der Waals surface area (Å²) in [6.45, 7) is 8.21. The van der Waals surface area contributed by atoms with Crippen molar-refractivity contribution < 1.29 is 8.83 Å². The number of nitrogens with zero attached hydrogens (tertiary/aromatic N) is 2. The summed E-state index contributed by atoms with van der Waals surface area (Å²) >= 11 is 0. The molecule has 53 heavy (non-hydrogen) atoms. The van der Waals surface area contributed by atoms with Crippen molar-refractivity contribution in [2.24, 2.45) is 0 Å². The lowest BCUT2D eigenvalue weighted by atomic mass is 10.00. The van der Waals surface area contributed by atoms with Crippen molar-refractivity contribution in [1.82, 2.24) is 4.57 Å². The first-order valence-electron chi connectivity index (χ1n) is 17.7. The summed E-state index contributed by atoms with van der Waals surface area (Å²) in [5.41, 5.74) is 13.2. The Hall–Kier alpha value is -7.35. The van der Waals surface area contributed by atoms with Crippen molar-refractivity contribution in [3.8, 4) is 39.1 Å². The molecule has 8 aromatic carbocycles. The zero-order valence-electron chi connectivity index (χ0n) is 28.4. The largest absolute Gasteiger partial charge is 0.465 e. The van der Waals surface area contributed by atoms with Gasteiger partial charge in [-0.3, -0.25) is 0 Å². The zero-order valence-corrected chi connectivity index (χ0v) is 28.4. The van der Waals surface area contributed by atoms with E-state index in [-0.39, 0.29) is 0 Å². The number of rotatable bonds is 4. The van der Waals surface area contributed by atoms with Gasteiger partial charge in [0.1, 0.15) is 16.7 Å². The Labute approximate surface area is 304 Å². The molecule has 11 aromatic rings. The SMILES string of the molecule is [C-]#[N+]c1cc(-c2ccc3c(c2)oc2ccccc23)cc2c1oc1c(-n3c4ccc(-c5ccccc5)cc4c4ccc(-c5ccccc5)cc43)cccc12. The summed E-state index contributed by atoms with van der Waals surface area (Å²) in [6.07, 6.45) is 0. The van der Waals surface area contributed by atoms with Crippen molar-refractivity contribution in [2.75, 3.05) is 0 Å². The van der Waals surface area contributed by atoms with Gasteiger partial charge >= 0.3 is 0 Å². The molecule has 0 aliphatic heterocycles. The summed E-state index contributed by atoms with van der Waals surface area (Å²) in [5, 5.41) is 6.37. The van der Waals surface area contributed by atoms with Gasteiger partial charge in [0.25, 0.3) is 0 Å². The van der Waals surface area contributed by atoms with E-state index in [0.717, 1.165) is 82.7 Å². The fourth-order valence-corrected chi connectivity index (χ4v) is 8.10. The van der Waals surface area contributed by atoms with Gasteiger partial charge in [0, 0.05) is 32.3 Å². The predicted octanol–water partition coefficient (Wildman–Crippen LogP) is 14.1. The molecule has 4 heteroatoms. The van der Waals surface area contributed by atoms with E-state index >= 15 is 0 Å². The van der Waals surface area contributed by atoms with Crippen molar-refractivity contribution in [1.29, 1.82) is 0 Å². The number of furan rings is 2. The first-order chi connectivity index (χ1) is 26.2. The van der Waals surface area contributed by atoms with Gasteiger partial charge in [-0.1, -0.05) is 115 Å². The molecule has 0 spiro atoms. The van der Waals surface area contributed by atoms with Crippen LogP contribution in [0.2, 0.25) is 0 Å². The topological polar surface area (TPSA) is 35.6 Å². The summed E-state index contributed by atoms with van der Waals surface area (Å²) < 4.78 is 15.3. The molecule has 0 radical (unpaired) electrons. The molecule has 0 aliphatic carbocycles. The normalized spacial score (nSPS) is 11.8. The molecule has 0 N–H and O–H groups in total. The monoisotopic (exact) mass is 676 g/mol. The Morgan fingerprint density at radius 3 is 1.81 bits per heavy atom. The number of fused-ring (bicyclic) bond motifs is 9. The number of hydrogen-bond donors (Lipinski definition) is 0. The van der Waals surface area contributed by atoms with Crippen LogP contribution in [-0.2, 0) is 0 Å². The maximum atomic E-state index is 8.21. The highest BCUT2D eigenvalue weighted by molar-refractivity contribution is 6.16. The van der Waals surface area contributed by atoms with E-state index in [1.54, 1.807) is 0 Å². The fourth-order valence-electron chi connectivity index (χ4n) is 8.10. The van der Waals surface area contributed by atoms with E-state index in [2.05, 4.69) is 149 Å². The average molecular weight is 677 g/mol. The smallest absolute Gasteiger partial charge is 0.230 e. The summed E-state index contributed by atoms with van der Waals surface area (Å²) in [5.74, 6) is 0. The first kappa shape index (κ1) is 29.4. The van der Waals surface area contributed by atoms with E-state index in [9.17, 15) is 0 Å². The number of benzene rings is 8. The van der Waals surface area contributed by atoms with E-state index in [1.807, 2.05) is 30.3 Å². The van der Waals surface area contributed by atoms with E-state index in [4.69, 9.17) is 15.4 Å². The number of para-hydroxylation sites is 2. The zero-order chi connectivity index (χ0) is 35.0. The van der Waals surface area contributed by atoms with Crippen LogP contribution in [0.25, 0.3) is 110 Å². The maximum absolute atomic E-state index is 8.21. The van der Waals surface area contributed by atoms with Gasteiger partial charge in [-0.15, -0.1) is 0 Å². The van der Waals surface area contributed by atoms with E-state index in [1.165, 1.54) is 16.5 Å². The van der Waals surface area contributed by atoms with Crippen LogP contribution >= 0.6 is 0 Å². The Morgan fingerprint density at radius 2 is 1.02 bits per heavy atom. The van der Waals surface area contributed by atoms with Crippen LogP contribution in [0.4, 0.5) is 5.69 Å². The Morgan fingerprint density at radius 1 is 0.377 bits per heavy atom. The van der Waals surface area contributed by atoms with Crippen LogP contribution in [0.3, 0.4) is 0 Å². The van der Waals surface area contributed by atoms with Crippen LogP contribution in [-0.4, -0.2) is 4.57 Å². The molecule has 0 bridgehead atoms. The van der Waals surface area contributed by atoms with Gasteiger partial charge < -0.3 is 13.4 Å². The molecule has 11 rings (SSSR count). The molecule has 246 valence electrons. The highest BCUT2D eigenvalue weighted by Gasteiger charge is 2.21. The third kappa shape index (κ3) is 4.48. The van der Waals surface area contributed by atoms with Crippen molar-refractivity contribution >= 4 is 71.4 Å². The molecule has 0 aliphatic rings. The third-order valence-electron chi connectivity index (χ3n) is 10.6. The van der Waals surface area contributed by atoms with E-state index < -0.39 is 0 Å². The predicted molar refractivity (Wildman–Crippen MR) is 218 cm³/mol. The summed E-state index contributed by atoms with van der Waals surface area (Å²) in [6, 6.07) is 59.3. The fraction of sp³-hybridized carbons (Fsp3) is 0. The lowest BCUT2D eigenvalue weighted by molar-refractivity contribution is 0.668. The highest BCUT2D eigenvalue weighted by Crippen LogP contribution is 2.44. The molecule has 0 amide bonds. The maximum Gasteiger partial charge on any atom is 0.230 e. The molecule has 3 heterocycles. The first-order valence-corrected chi connectivity index (χ1v) is 17.7. The van der Waals surface area contributed by atoms with Gasteiger partial charge in [-0.2, -0.15) is 0 Å². The van der Waals surface area contributed by atoms with Gasteiger partial charge in [-0.05, 0) is 88.0 Å². The van der Waals surface area contributed by atoms with Crippen molar-refractivity contribution in [3.63, 3.8) is 0 Å². The standard InChI is InChI=1S/C49H28N2O2/c1-50-42-27-35(34-20-23-38-37-15-8-9-18-46(37)52-47(38)29-34)26-41-39-16-10-17-44(49(39)53-48(41)42)51-43-24-21-32(30-11-4-2-5-12-30)25-40(43)36-22-19-33(28-45(36)51)31-13-6-3-7-14-31/h2-29H. The number of aromatic nitrogens is 1. The molecule has 3 aromatic heterocycles. The molecule has 0 fully saturated rings. The molecule has 0 atom stereocenters. The second-order valence-corrected chi connectivity index (χ2v) is 13.6. The van der Waals surface area contributed by atoms with Crippen LogP contribution in [0, 0.1) is 6.57 Å². The molecule has 0 unspecified atom stereocenters. The lowest BCUT2D eigenvalue weighted by Gasteiger charge is -2.10. The minimum atomic E-state index is 0.477. The molecule has 4 nitrogen and oxygen atoms in total. The average Bonchev–Trinajstić information content (AvgIpc) is 3.90. The molecular weight excluding hydrogens is 649 g/mol. The second-order valence-electron chi connectivity index (χ2n) is 13.6.